The number of amides is 2. The summed E-state index contributed by atoms with van der Waals surface area (Å²) in [6.07, 6.45) is 3.92. The van der Waals surface area contributed by atoms with Gasteiger partial charge in [-0.1, -0.05) is 6.07 Å². The molecule has 3 aromatic rings. The molecule has 4 rings (SSSR count). The van der Waals surface area contributed by atoms with Crippen molar-refractivity contribution in [2.45, 2.75) is 52.4 Å². The quantitative estimate of drug-likeness (QED) is 0.539. The molecule has 4 heterocycles. The van der Waals surface area contributed by atoms with Crippen molar-refractivity contribution in [3.8, 4) is 11.4 Å². The third kappa shape index (κ3) is 6.26. The van der Waals surface area contributed by atoms with E-state index in [4.69, 9.17) is 9.72 Å². The van der Waals surface area contributed by atoms with E-state index >= 15 is 0 Å². The van der Waals surface area contributed by atoms with Crippen LogP contribution in [0.2, 0.25) is 0 Å². The van der Waals surface area contributed by atoms with Crippen LogP contribution in [-0.2, 0) is 15.1 Å². The van der Waals surface area contributed by atoms with Crippen molar-refractivity contribution in [1.29, 1.82) is 0 Å². The van der Waals surface area contributed by atoms with Crippen molar-refractivity contribution < 1.29 is 14.3 Å². The number of anilines is 2. The molecule has 0 bridgehead atoms. The highest BCUT2D eigenvalue weighted by atomic mass is 32.1. The average Bonchev–Trinajstić information content (AvgIpc) is 3.47. The lowest BCUT2D eigenvalue weighted by Gasteiger charge is -2.36. The maximum absolute atomic E-state index is 12.4. The Morgan fingerprint density at radius 3 is 2.54 bits per heavy atom. The zero-order valence-corrected chi connectivity index (χ0v) is 21.6. The van der Waals surface area contributed by atoms with Crippen molar-refractivity contribution in [2.75, 3.05) is 29.9 Å². The first-order valence-electron chi connectivity index (χ1n) is 11.7. The summed E-state index contributed by atoms with van der Waals surface area (Å²) in [6.45, 7) is 11.7. The Kier molecular flexibility index (Phi) is 7.23. The van der Waals surface area contributed by atoms with Gasteiger partial charge in [0.05, 0.1) is 30.0 Å². The first-order valence-corrected chi connectivity index (χ1v) is 12.6. The smallest absolute Gasteiger partial charge is 0.253 e. The van der Waals surface area contributed by atoms with E-state index in [2.05, 4.69) is 55.1 Å². The van der Waals surface area contributed by atoms with Crippen LogP contribution in [0.3, 0.4) is 0 Å². The third-order valence-corrected chi connectivity index (χ3v) is 6.39. The van der Waals surface area contributed by atoms with Crippen molar-refractivity contribution in [3.05, 3.63) is 47.6 Å². The number of ether oxygens (including phenoxy) is 1. The van der Waals surface area contributed by atoms with Gasteiger partial charge < -0.3 is 24.8 Å². The SMILES string of the molecule is C[C@@H]1CN(c2cccc(-c3csc(NC(=O)CNC(=O)c4ccn(C(C)(C)C)c4)n3)n2)C[C@H](C)O1. The highest BCUT2D eigenvalue weighted by Crippen LogP contribution is 2.26. The summed E-state index contributed by atoms with van der Waals surface area (Å²) < 4.78 is 7.78. The van der Waals surface area contributed by atoms with Crippen molar-refractivity contribution in [1.82, 2.24) is 19.9 Å². The van der Waals surface area contributed by atoms with Crippen molar-refractivity contribution in [2.24, 2.45) is 0 Å². The molecule has 0 saturated carbocycles. The molecule has 1 saturated heterocycles. The molecule has 2 N–H and O–H groups in total. The van der Waals surface area contributed by atoms with Gasteiger partial charge in [-0.3, -0.25) is 9.59 Å². The highest BCUT2D eigenvalue weighted by Gasteiger charge is 2.23. The molecule has 10 heteroatoms. The lowest BCUT2D eigenvalue weighted by Crippen LogP contribution is -2.45. The normalized spacial score (nSPS) is 18.4. The Morgan fingerprint density at radius 2 is 1.86 bits per heavy atom. The van der Waals surface area contributed by atoms with Gasteiger partial charge in [0.1, 0.15) is 11.5 Å². The monoisotopic (exact) mass is 496 g/mol. The molecule has 2 atom stereocenters. The number of hydrogen-bond donors (Lipinski definition) is 2. The average molecular weight is 497 g/mol. The molecular weight excluding hydrogens is 464 g/mol. The van der Waals surface area contributed by atoms with E-state index < -0.39 is 0 Å². The molecule has 1 aliphatic rings. The van der Waals surface area contributed by atoms with Gasteiger partial charge in [-0.05, 0) is 52.8 Å². The number of nitrogens with one attached hydrogen (secondary N) is 2. The number of carbonyl (C=O) groups excluding carboxylic acids is 2. The number of aromatic nitrogens is 3. The molecule has 35 heavy (non-hydrogen) atoms. The van der Waals surface area contributed by atoms with Gasteiger partial charge in [0, 0.05) is 36.4 Å². The van der Waals surface area contributed by atoms with Crippen LogP contribution in [0, 0.1) is 0 Å². The van der Waals surface area contributed by atoms with Crippen LogP contribution >= 0.6 is 11.3 Å². The second kappa shape index (κ2) is 10.2. The van der Waals surface area contributed by atoms with Crippen LogP contribution < -0.4 is 15.5 Å². The Morgan fingerprint density at radius 1 is 1.11 bits per heavy atom. The third-order valence-electron chi connectivity index (χ3n) is 5.63. The highest BCUT2D eigenvalue weighted by molar-refractivity contribution is 7.14. The first-order chi connectivity index (χ1) is 16.6. The van der Waals surface area contributed by atoms with E-state index in [9.17, 15) is 9.59 Å². The predicted octanol–water partition coefficient (Wildman–Crippen LogP) is 3.74. The largest absolute Gasteiger partial charge is 0.372 e. The number of morpholine rings is 1. The maximum atomic E-state index is 12.4. The summed E-state index contributed by atoms with van der Waals surface area (Å²) in [5, 5.41) is 7.73. The predicted molar refractivity (Wildman–Crippen MR) is 138 cm³/mol. The summed E-state index contributed by atoms with van der Waals surface area (Å²) in [6, 6.07) is 7.59. The summed E-state index contributed by atoms with van der Waals surface area (Å²) in [5.41, 5.74) is 1.82. The fourth-order valence-corrected chi connectivity index (χ4v) is 4.65. The van der Waals surface area contributed by atoms with Crippen LogP contribution in [-0.4, -0.2) is 58.2 Å². The molecule has 1 fully saturated rings. The molecule has 0 unspecified atom stereocenters. The molecule has 0 radical (unpaired) electrons. The van der Waals surface area contributed by atoms with Gasteiger partial charge in [-0.2, -0.15) is 0 Å². The van der Waals surface area contributed by atoms with E-state index in [1.54, 1.807) is 12.3 Å². The molecule has 186 valence electrons. The maximum Gasteiger partial charge on any atom is 0.253 e. The lowest BCUT2D eigenvalue weighted by molar-refractivity contribution is -0.115. The second-order valence-electron chi connectivity index (χ2n) is 9.79. The first kappa shape index (κ1) is 24.9. The van der Waals surface area contributed by atoms with Crippen LogP contribution in [0.4, 0.5) is 10.9 Å². The second-order valence-corrected chi connectivity index (χ2v) is 10.6. The van der Waals surface area contributed by atoms with E-state index in [1.165, 1.54) is 11.3 Å². The van der Waals surface area contributed by atoms with Gasteiger partial charge in [0.2, 0.25) is 5.91 Å². The number of thiazole rings is 1. The lowest BCUT2D eigenvalue weighted by atomic mass is 10.1. The zero-order valence-electron chi connectivity index (χ0n) is 20.7. The van der Waals surface area contributed by atoms with Gasteiger partial charge in [-0.15, -0.1) is 11.3 Å². The topological polar surface area (TPSA) is 101 Å². The number of pyridine rings is 1. The van der Waals surface area contributed by atoms with Crippen LogP contribution in [0.25, 0.3) is 11.4 Å². The molecule has 0 aromatic carbocycles. The summed E-state index contributed by atoms with van der Waals surface area (Å²) in [4.78, 5) is 36.3. The Labute approximate surface area is 209 Å². The number of carbonyl (C=O) groups is 2. The molecule has 0 spiro atoms. The number of rotatable bonds is 6. The van der Waals surface area contributed by atoms with Crippen LogP contribution in [0.1, 0.15) is 45.0 Å². The van der Waals surface area contributed by atoms with Gasteiger partial charge in [-0.25, -0.2) is 9.97 Å². The van der Waals surface area contributed by atoms with Gasteiger partial charge >= 0.3 is 0 Å². The summed E-state index contributed by atoms with van der Waals surface area (Å²) >= 11 is 1.32. The fourth-order valence-electron chi connectivity index (χ4n) is 3.93. The zero-order chi connectivity index (χ0) is 25.2. The molecule has 0 aliphatic carbocycles. The number of nitrogens with zero attached hydrogens (tertiary/aromatic N) is 4. The van der Waals surface area contributed by atoms with E-state index in [-0.39, 0.29) is 36.1 Å². The molecule has 2 amide bonds. The Balaban J connectivity index is 1.34. The van der Waals surface area contributed by atoms with Crippen LogP contribution in [0.15, 0.2) is 42.0 Å². The Hall–Kier alpha value is -3.24. The summed E-state index contributed by atoms with van der Waals surface area (Å²) in [5.74, 6) is 0.245. The molecule has 3 aromatic heterocycles. The van der Waals surface area contributed by atoms with E-state index in [1.807, 2.05) is 34.3 Å². The van der Waals surface area contributed by atoms with Crippen molar-refractivity contribution >= 4 is 34.1 Å². The number of hydrogen-bond acceptors (Lipinski definition) is 7. The minimum absolute atomic E-state index is 0.119. The molecular formula is C25H32N6O3S. The standard InChI is InChI=1S/C25H32N6O3S/c1-16-12-30(13-17(2)34-16)21-8-6-7-19(27-21)20-15-35-24(28-20)29-22(32)11-26-23(33)18-9-10-31(14-18)25(3,4)5/h6-10,14-17H,11-13H2,1-5H3,(H,26,33)(H,28,29,32)/t16-,17+. The summed E-state index contributed by atoms with van der Waals surface area (Å²) in [7, 11) is 0. The van der Waals surface area contributed by atoms with Gasteiger partial charge in [0.25, 0.3) is 5.91 Å². The van der Waals surface area contributed by atoms with Gasteiger partial charge in [0.15, 0.2) is 5.13 Å². The van der Waals surface area contributed by atoms with Crippen molar-refractivity contribution in [3.63, 3.8) is 0 Å². The van der Waals surface area contributed by atoms with Crippen LogP contribution in [0.5, 0.6) is 0 Å². The molecule has 9 nitrogen and oxygen atoms in total. The minimum Gasteiger partial charge on any atom is -0.372 e. The van der Waals surface area contributed by atoms with E-state index in [0.717, 1.165) is 24.6 Å². The Bertz CT molecular complexity index is 1190. The van der Waals surface area contributed by atoms with E-state index in [0.29, 0.717) is 16.4 Å². The fraction of sp³-hybridized carbons (Fsp3) is 0.440. The molecule has 1 aliphatic heterocycles. The minimum atomic E-state index is -0.340.